The molecule has 32 heavy (non-hydrogen) atoms. The molecule has 0 amide bonds. The van der Waals surface area contributed by atoms with E-state index in [4.69, 9.17) is 5.14 Å². The summed E-state index contributed by atoms with van der Waals surface area (Å²) >= 11 is 0. The fraction of sp³-hybridized carbons (Fsp3) is 0.778. The van der Waals surface area contributed by atoms with Crippen LogP contribution in [0.15, 0.2) is 29.2 Å². The van der Waals surface area contributed by atoms with Crippen LogP contribution in [0.5, 0.6) is 0 Å². The van der Waals surface area contributed by atoms with Crippen LogP contribution >= 0.6 is 0 Å². The van der Waals surface area contributed by atoms with E-state index in [1.54, 1.807) is 12.1 Å². The van der Waals surface area contributed by atoms with E-state index in [2.05, 4.69) is 13.8 Å². The molecule has 0 heterocycles. The van der Waals surface area contributed by atoms with E-state index < -0.39 is 15.6 Å². The van der Waals surface area contributed by atoms with E-state index in [0.717, 1.165) is 42.1 Å². The summed E-state index contributed by atoms with van der Waals surface area (Å²) in [5.74, 6) is 4.59. The molecule has 4 aliphatic rings. The zero-order chi connectivity index (χ0) is 22.9. The highest BCUT2D eigenvalue weighted by Crippen LogP contribution is 2.66. The van der Waals surface area contributed by atoms with Crippen molar-refractivity contribution in [1.82, 2.24) is 0 Å². The zero-order valence-electron chi connectivity index (χ0n) is 20.0. The lowest BCUT2D eigenvalue weighted by Crippen LogP contribution is -2.50. The molecule has 1 aromatic carbocycles. The van der Waals surface area contributed by atoms with Crippen molar-refractivity contribution in [1.29, 1.82) is 0 Å². The molecule has 4 aliphatic carbocycles. The Morgan fingerprint density at radius 3 is 2.44 bits per heavy atom. The quantitative estimate of drug-likeness (QED) is 0.630. The van der Waals surface area contributed by atoms with Gasteiger partial charge in [0.1, 0.15) is 0 Å². The van der Waals surface area contributed by atoms with E-state index in [-0.39, 0.29) is 11.3 Å². The van der Waals surface area contributed by atoms with Crippen LogP contribution in [0.2, 0.25) is 0 Å². The lowest BCUT2D eigenvalue weighted by Gasteiger charge is -2.57. The molecule has 4 nitrogen and oxygen atoms in total. The predicted octanol–water partition coefficient (Wildman–Crippen LogP) is 5.46. The van der Waals surface area contributed by atoms with Crippen LogP contribution in [0.3, 0.4) is 0 Å². The molecular formula is C27H41NO3S. The second-order valence-corrected chi connectivity index (χ2v) is 13.8. The number of hydrogen-bond acceptors (Lipinski definition) is 3. The molecule has 5 rings (SSSR count). The van der Waals surface area contributed by atoms with Gasteiger partial charge in [-0.1, -0.05) is 32.0 Å². The number of nitrogens with two attached hydrogens (primary N) is 1. The Balaban J connectivity index is 1.39. The molecule has 0 spiro atoms. The van der Waals surface area contributed by atoms with E-state index >= 15 is 0 Å². The highest BCUT2D eigenvalue weighted by molar-refractivity contribution is 7.89. The molecule has 0 bridgehead atoms. The molecule has 4 saturated carbocycles. The lowest BCUT2D eigenvalue weighted by atomic mass is 9.48. The summed E-state index contributed by atoms with van der Waals surface area (Å²) in [4.78, 5) is 0.308. The molecular weight excluding hydrogens is 418 g/mol. The molecule has 0 unspecified atom stereocenters. The minimum absolute atomic E-state index is 0.192. The minimum atomic E-state index is -3.72. The van der Waals surface area contributed by atoms with Gasteiger partial charge in [0.2, 0.25) is 10.0 Å². The van der Waals surface area contributed by atoms with Crippen LogP contribution in [-0.4, -0.2) is 19.1 Å². The van der Waals surface area contributed by atoms with Crippen molar-refractivity contribution in [2.24, 2.45) is 46.1 Å². The van der Waals surface area contributed by atoms with Crippen molar-refractivity contribution in [2.45, 2.75) is 95.0 Å². The maximum Gasteiger partial charge on any atom is 0.238 e. The first kappa shape index (κ1) is 22.9. The van der Waals surface area contributed by atoms with Gasteiger partial charge in [-0.05, 0) is 123 Å². The number of rotatable bonds is 3. The van der Waals surface area contributed by atoms with Gasteiger partial charge in [0, 0.05) is 0 Å². The maximum absolute atomic E-state index is 12.3. The fourth-order valence-corrected chi connectivity index (χ4v) is 10.1. The van der Waals surface area contributed by atoms with E-state index in [0.29, 0.717) is 16.7 Å². The first-order chi connectivity index (χ1) is 15.0. The first-order valence-electron chi connectivity index (χ1n) is 12.9. The topological polar surface area (TPSA) is 80.4 Å². The van der Waals surface area contributed by atoms with Crippen molar-refractivity contribution >= 4 is 10.0 Å². The maximum atomic E-state index is 12.3. The van der Waals surface area contributed by atoms with E-state index in [1.807, 2.05) is 19.1 Å². The molecule has 5 heteroatoms. The van der Waals surface area contributed by atoms with Crippen molar-refractivity contribution in [3.63, 3.8) is 0 Å². The fourth-order valence-electron chi connectivity index (χ4n) is 9.28. The van der Waals surface area contributed by atoms with Gasteiger partial charge in [-0.3, -0.25) is 0 Å². The number of primary sulfonamides is 1. The Morgan fingerprint density at radius 2 is 1.69 bits per heavy atom. The molecule has 178 valence electrons. The number of sulfonamides is 1. The highest BCUT2D eigenvalue weighted by atomic mass is 32.2. The lowest BCUT2D eigenvalue weighted by molar-refractivity contribution is -0.101. The smallest absolute Gasteiger partial charge is 0.238 e. The molecule has 9 atom stereocenters. The normalized spacial score (nSPS) is 44.9. The monoisotopic (exact) mass is 459 g/mol. The van der Waals surface area contributed by atoms with Crippen molar-refractivity contribution in [3.8, 4) is 0 Å². The zero-order valence-corrected chi connectivity index (χ0v) is 20.8. The van der Waals surface area contributed by atoms with Gasteiger partial charge in [0.15, 0.2) is 0 Å². The van der Waals surface area contributed by atoms with Crippen LogP contribution in [0.25, 0.3) is 0 Å². The largest absolute Gasteiger partial charge is 0.390 e. The average Bonchev–Trinajstić information content (AvgIpc) is 3.08. The van der Waals surface area contributed by atoms with Crippen LogP contribution in [0.1, 0.15) is 90.0 Å². The van der Waals surface area contributed by atoms with E-state index in [9.17, 15) is 13.5 Å². The summed E-state index contributed by atoms with van der Waals surface area (Å²) in [5, 5.41) is 16.2. The van der Waals surface area contributed by atoms with Gasteiger partial charge in [-0.2, -0.15) is 0 Å². The van der Waals surface area contributed by atoms with Crippen LogP contribution in [-0.2, 0) is 10.0 Å². The molecule has 0 aromatic heterocycles. The number of aliphatic hydroxyl groups is 1. The van der Waals surface area contributed by atoms with Gasteiger partial charge in [-0.25, -0.2) is 13.6 Å². The molecule has 0 radical (unpaired) electrons. The second-order valence-electron chi connectivity index (χ2n) is 12.3. The van der Waals surface area contributed by atoms with Gasteiger partial charge < -0.3 is 5.11 Å². The molecule has 3 N–H and O–H groups in total. The standard InChI is InChI=1S/C27H41NO3S/c1-17(19-6-4-5-7-25(19)32(28,30)31)23-10-11-24-22-9-8-18-16-26(2,29)14-12-20(18)21(22)13-15-27(23,24)3/h4-7,17-18,20-24,29H,8-16H2,1-3H3,(H2,28,30,31)/t17-,18+,20-,21+,22+,23-,24-,26+,27+/m0/s1. The summed E-state index contributed by atoms with van der Waals surface area (Å²) in [6.45, 7) is 6.78. The molecule has 4 fully saturated rings. The van der Waals surface area contributed by atoms with E-state index in [1.165, 1.54) is 44.9 Å². The van der Waals surface area contributed by atoms with Gasteiger partial charge in [0.25, 0.3) is 0 Å². The van der Waals surface area contributed by atoms with Crippen molar-refractivity contribution < 1.29 is 13.5 Å². The van der Waals surface area contributed by atoms with Crippen LogP contribution < -0.4 is 5.14 Å². The summed E-state index contributed by atoms with van der Waals surface area (Å²) in [5.41, 5.74) is 0.725. The van der Waals surface area contributed by atoms with Crippen molar-refractivity contribution in [2.75, 3.05) is 0 Å². The van der Waals surface area contributed by atoms with Gasteiger partial charge >= 0.3 is 0 Å². The Morgan fingerprint density at radius 1 is 0.969 bits per heavy atom. The average molecular weight is 460 g/mol. The van der Waals surface area contributed by atoms with Gasteiger partial charge in [0.05, 0.1) is 10.5 Å². The third kappa shape index (κ3) is 3.67. The number of fused-ring (bicyclic) bond motifs is 5. The Bertz CT molecular complexity index is 973. The van der Waals surface area contributed by atoms with Crippen LogP contribution in [0.4, 0.5) is 0 Å². The molecule has 0 aliphatic heterocycles. The summed E-state index contributed by atoms with van der Waals surface area (Å²) in [6.07, 6.45) is 10.8. The number of hydrogen-bond donors (Lipinski definition) is 2. The first-order valence-corrected chi connectivity index (χ1v) is 14.4. The Hall–Kier alpha value is -0.910. The minimum Gasteiger partial charge on any atom is -0.390 e. The number of benzene rings is 1. The molecule has 0 saturated heterocycles. The predicted molar refractivity (Wildman–Crippen MR) is 127 cm³/mol. The SMILES string of the molecule is C[C@@H](c1ccccc1S(N)(=O)=O)[C@@H]1CC[C@H]2[C@@H]3CC[C@@H]4C[C@](C)(O)CC[C@@H]4[C@H]3CC[C@@]21C. The molecule has 1 aromatic rings. The third-order valence-electron chi connectivity index (χ3n) is 10.6. The summed E-state index contributed by atoms with van der Waals surface area (Å²) in [6, 6.07) is 7.38. The highest BCUT2D eigenvalue weighted by Gasteiger charge is 2.58. The van der Waals surface area contributed by atoms with Crippen molar-refractivity contribution in [3.05, 3.63) is 29.8 Å². The Kier molecular flexibility index (Phi) is 5.58. The third-order valence-corrected chi connectivity index (χ3v) is 11.6. The summed E-state index contributed by atoms with van der Waals surface area (Å²) in [7, 11) is -3.72. The van der Waals surface area contributed by atoms with Gasteiger partial charge in [-0.15, -0.1) is 0 Å². The summed E-state index contributed by atoms with van der Waals surface area (Å²) < 4.78 is 24.5. The second kappa shape index (κ2) is 7.81. The Labute approximate surface area is 194 Å². The van der Waals surface area contributed by atoms with Crippen LogP contribution in [0, 0.1) is 40.9 Å².